The topological polar surface area (TPSA) is 55.1 Å². The maximum Gasteiger partial charge on any atom is 0.239 e. The second-order valence-electron chi connectivity index (χ2n) is 5.06. The van der Waals surface area contributed by atoms with Gasteiger partial charge in [0.15, 0.2) is 0 Å². The summed E-state index contributed by atoms with van der Waals surface area (Å²) < 4.78 is 0. The summed E-state index contributed by atoms with van der Waals surface area (Å²) in [7, 11) is 0. The molecule has 0 radical (unpaired) electrons. The van der Waals surface area contributed by atoms with Crippen LogP contribution in [0.5, 0.6) is 0 Å². The predicted octanol–water partition coefficient (Wildman–Crippen LogP) is 2.69. The van der Waals surface area contributed by atoms with E-state index in [1.807, 2.05) is 30.3 Å². The number of allylic oxidation sites excluding steroid dienone is 1. The molecule has 2 rings (SSSR count). The van der Waals surface area contributed by atoms with Gasteiger partial charge in [0.2, 0.25) is 5.91 Å². The Morgan fingerprint density at radius 1 is 1.26 bits per heavy atom. The van der Waals surface area contributed by atoms with Crippen LogP contribution in [0.1, 0.15) is 43.7 Å². The van der Waals surface area contributed by atoms with Gasteiger partial charge in [-0.25, -0.2) is 0 Å². The maximum atomic E-state index is 11.5. The van der Waals surface area contributed by atoms with Crippen molar-refractivity contribution in [2.45, 2.75) is 38.1 Å². The van der Waals surface area contributed by atoms with Crippen LogP contribution >= 0.6 is 0 Å². The zero-order chi connectivity index (χ0) is 13.5. The molecule has 0 fully saturated rings. The lowest BCUT2D eigenvalue weighted by Gasteiger charge is -2.17. The Kier molecular flexibility index (Phi) is 5.16. The van der Waals surface area contributed by atoms with Crippen molar-refractivity contribution in [2.24, 2.45) is 5.73 Å². The standard InChI is InChI=1S/C16H22N2O/c17-16(19)15(14-9-5-2-6-10-14)18-12-11-13-7-3-1-4-8-13/h2,5-7,9-10,15,18H,1,3-4,8,11-12H2,(H2,17,19). The van der Waals surface area contributed by atoms with E-state index in [0.717, 1.165) is 18.5 Å². The summed E-state index contributed by atoms with van der Waals surface area (Å²) in [6.07, 6.45) is 8.36. The van der Waals surface area contributed by atoms with Gasteiger partial charge in [-0.05, 0) is 44.2 Å². The van der Waals surface area contributed by atoms with Crippen molar-refractivity contribution in [3.8, 4) is 0 Å². The third kappa shape index (κ3) is 4.21. The van der Waals surface area contributed by atoms with Gasteiger partial charge in [0.1, 0.15) is 6.04 Å². The number of benzene rings is 1. The SMILES string of the molecule is NC(=O)C(NCCC1=CCCCC1)c1ccccc1. The smallest absolute Gasteiger partial charge is 0.239 e. The first kappa shape index (κ1) is 13.8. The van der Waals surface area contributed by atoms with Gasteiger partial charge in [-0.1, -0.05) is 42.0 Å². The summed E-state index contributed by atoms with van der Waals surface area (Å²) in [4.78, 5) is 11.5. The van der Waals surface area contributed by atoms with E-state index in [-0.39, 0.29) is 11.9 Å². The highest BCUT2D eigenvalue weighted by Gasteiger charge is 2.16. The highest BCUT2D eigenvalue weighted by molar-refractivity contribution is 5.81. The second-order valence-corrected chi connectivity index (χ2v) is 5.06. The molecule has 19 heavy (non-hydrogen) atoms. The van der Waals surface area contributed by atoms with E-state index in [9.17, 15) is 4.79 Å². The molecular formula is C16H22N2O. The summed E-state index contributed by atoms with van der Waals surface area (Å²) in [6.45, 7) is 0.800. The number of hydrogen-bond donors (Lipinski definition) is 2. The Balaban J connectivity index is 1.88. The summed E-state index contributed by atoms with van der Waals surface area (Å²) in [6, 6.07) is 9.28. The molecule has 0 bridgehead atoms. The molecule has 3 nitrogen and oxygen atoms in total. The van der Waals surface area contributed by atoms with Crippen LogP contribution in [0.25, 0.3) is 0 Å². The molecule has 102 valence electrons. The van der Waals surface area contributed by atoms with E-state index in [4.69, 9.17) is 5.73 Å². The van der Waals surface area contributed by atoms with Crippen molar-refractivity contribution in [3.05, 3.63) is 47.5 Å². The first-order valence-electron chi connectivity index (χ1n) is 7.03. The summed E-state index contributed by atoms with van der Waals surface area (Å²) in [5.74, 6) is -0.316. The lowest BCUT2D eigenvalue weighted by atomic mass is 9.97. The Morgan fingerprint density at radius 2 is 2.05 bits per heavy atom. The number of primary amides is 1. The first-order valence-corrected chi connectivity index (χ1v) is 7.03. The fourth-order valence-corrected chi connectivity index (χ4v) is 2.54. The molecule has 0 heterocycles. The highest BCUT2D eigenvalue weighted by Crippen LogP contribution is 2.20. The fraction of sp³-hybridized carbons (Fsp3) is 0.438. The first-order chi connectivity index (χ1) is 9.27. The number of nitrogens with two attached hydrogens (primary N) is 1. The van der Waals surface area contributed by atoms with E-state index in [2.05, 4.69) is 11.4 Å². The van der Waals surface area contributed by atoms with Crippen LogP contribution in [0.4, 0.5) is 0 Å². The largest absolute Gasteiger partial charge is 0.368 e. The molecule has 0 saturated carbocycles. The Bertz CT molecular complexity index is 439. The van der Waals surface area contributed by atoms with Crippen LogP contribution in [0.15, 0.2) is 42.0 Å². The minimum absolute atomic E-state index is 0.316. The average molecular weight is 258 g/mol. The van der Waals surface area contributed by atoms with Crippen LogP contribution in [0, 0.1) is 0 Å². The Morgan fingerprint density at radius 3 is 2.68 bits per heavy atom. The number of rotatable bonds is 6. The zero-order valence-corrected chi connectivity index (χ0v) is 11.3. The van der Waals surface area contributed by atoms with Crippen molar-refractivity contribution in [2.75, 3.05) is 6.54 Å². The molecule has 1 amide bonds. The zero-order valence-electron chi connectivity index (χ0n) is 11.3. The molecule has 1 aromatic carbocycles. The van der Waals surface area contributed by atoms with E-state index in [1.165, 1.54) is 31.3 Å². The van der Waals surface area contributed by atoms with Crippen LogP contribution in [0.3, 0.4) is 0 Å². The summed E-state index contributed by atoms with van der Waals surface area (Å²) in [5.41, 5.74) is 7.92. The normalized spacial score (nSPS) is 16.7. The number of hydrogen-bond acceptors (Lipinski definition) is 2. The summed E-state index contributed by atoms with van der Waals surface area (Å²) in [5, 5.41) is 3.27. The average Bonchev–Trinajstić information content (AvgIpc) is 2.45. The molecule has 1 aliphatic carbocycles. The Labute approximate surface area is 114 Å². The highest BCUT2D eigenvalue weighted by atomic mass is 16.1. The molecule has 0 saturated heterocycles. The van der Waals surface area contributed by atoms with Crippen molar-refractivity contribution >= 4 is 5.91 Å². The van der Waals surface area contributed by atoms with E-state index >= 15 is 0 Å². The minimum Gasteiger partial charge on any atom is -0.368 e. The molecule has 1 aliphatic rings. The fourth-order valence-electron chi connectivity index (χ4n) is 2.54. The Hall–Kier alpha value is -1.61. The van der Waals surface area contributed by atoms with Gasteiger partial charge in [-0.15, -0.1) is 0 Å². The van der Waals surface area contributed by atoms with Crippen molar-refractivity contribution in [1.82, 2.24) is 5.32 Å². The van der Waals surface area contributed by atoms with Crippen LogP contribution in [-0.4, -0.2) is 12.5 Å². The number of amides is 1. The number of carbonyl (C=O) groups excluding carboxylic acids is 1. The van der Waals surface area contributed by atoms with Crippen molar-refractivity contribution in [3.63, 3.8) is 0 Å². The molecule has 3 heteroatoms. The van der Waals surface area contributed by atoms with Crippen LogP contribution in [0.2, 0.25) is 0 Å². The van der Waals surface area contributed by atoms with Crippen LogP contribution < -0.4 is 11.1 Å². The minimum atomic E-state index is -0.384. The lowest BCUT2D eigenvalue weighted by Crippen LogP contribution is -2.34. The van der Waals surface area contributed by atoms with Gasteiger partial charge in [0.05, 0.1) is 0 Å². The van der Waals surface area contributed by atoms with E-state index < -0.39 is 0 Å². The molecule has 1 atom stereocenters. The van der Waals surface area contributed by atoms with Gasteiger partial charge < -0.3 is 11.1 Å². The monoisotopic (exact) mass is 258 g/mol. The van der Waals surface area contributed by atoms with Gasteiger partial charge in [-0.3, -0.25) is 4.79 Å². The lowest BCUT2D eigenvalue weighted by molar-refractivity contribution is -0.120. The van der Waals surface area contributed by atoms with Crippen molar-refractivity contribution in [1.29, 1.82) is 0 Å². The molecule has 0 aliphatic heterocycles. The maximum absolute atomic E-state index is 11.5. The van der Waals surface area contributed by atoms with E-state index in [1.54, 1.807) is 0 Å². The molecule has 1 aromatic rings. The quantitative estimate of drug-likeness (QED) is 0.771. The molecule has 1 unspecified atom stereocenters. The summed E-state index contributed by atoms with van der Waals surface area (Å²) >= 11 is 0. The van der Waals surface area contributed by atoms with Crippen LogP contribution in [-0.2, 0) is 4.79 Å². The van der Waals surface area contributed by atoms with E-state index in [0.29, 0.717) is 0 Å². The molecule has 0 aromatic heterocycles. The molecule has 0 spiro atoms. The molecule has 3 N–H and O–H groups in total. The third-order valence-corrected chi connectivity index (χ3v) is 3.60. The van der Waals surface area contributed by atoms with Gasteiger partial charge in [0.25, 0.3) is 0 Å². The van der Waals surface area contributed by atoms with Gasteiger partial charge in [0, 0.05) is 0 Å². The number of carbonyl (C=O) groups is 1. The third-order valence-electron chi connectivity index (χ3n) is 3.60. The second kappa shape index (κ2) is 7.10. The predicted molar refractivity (Wildman–Crippen MR) is 77.5 cm³/mol. The van der Waals surface area contributed by atoms with Crippen molar-refractivity contribution < 1.29 is 4.79 Å². The molecular weight excluding hydrogens is 236 g/mol. The van der Waals surface area contributed by atoms with Gasteiger partial charge in [-0.2, -0.15) is 0 Å². The number of nitrogens with one attached hydrogen (secondary N) is 1. The van der Waals surface area contributed by atoms with Gasteiger partial charge >= 0.3 is 0 Å².